The second-order valence-corrected chi connectivity index (χ2v) is 7.53. The van der Waals surface area contributed by atoms with E-state index in [2.05, 4.69) is 10.1 Å². The minimum atomic E-state index is -4.84. The lowest BCUT2D eigenvalue weighted by Crippen LogP contribution is -2.42. The van der Waals surface area contributed by atoms with Gasteiger partial charge in [0.25, 0.3) is 5.60 Å². The Kier molecular flexibility index (Phi) is 4.86. The Hall–Kier alpha value is -2.84. The third kappa shape index (κ3) is 3.26. The first-order valence-corrected chi connectivity index (χ1v) is 9.28. The van der Waals surface area contributed by atoms with E-state index >= 15 is 0 Å². The first-order chi connectivity index (χ1) is 14.1. The summed E-state index contributed by atoms with van der Waals surface area (Å²) in [5, 5.41) is 13.8. The van der Waals surface area contributed by atoms with Crippen LogP contribution < -0.4 is 0 Å². The van der Waals surface area contributed by atoms with Gasteiger partial charge in [-0.2, -0.15) is 13.2 Å². The van der Waals surface area contributed by atoms with Gasteiger partial charge < -0.3 is 9.94 Å². The number of nitrogens with zero attached hydrogens (tertiary/aromatic N) is 2. The number of halogens is 5. The smallest absolute Gasteiger partial charge is 0.435 e. The standard InChI is InChI=1S/C20H11Cl2F3N2O3/c21-11-5-10(6-12(22)7-11)19(20(23,24)25)8-16(27-30-19)17-14-4-2-1-3-13(14)15(9-26-17)18(28)29/h1-7,9H,8H2,(H,28,29). The van der Waals surface area contributed by atoms with Crippen molar-refractivity contribution in [3.8, 4) is 0 Å². The van der Waals surface area contributed by atoms with Gasteiger partial charge in [-0.1, -0.05) is 52.6 Å². The lowest BCUT2D eigenvalue weighted by atomic mass is 9.86. The molecule has 1 aromatic heterocycles. The number of alkyl halides is 3. The van der Waals surface area contributed by atoms with Gasteiger partial charge in [-0.3, -0.25) is 4.98 Å². The highest BCUT2D eigenvalue weighted by Crippen LogP contribution is 2.50. The number of fused-ring (bicyclic) bond motifs is 1. The van der Waals surface area contributed by atoms with Crippen LogP contribution in [0, 0.1) is 0 Å². The number of oxime groups is 1. The largest absolute Gasteiger partial charge is 0.478 e. The van der Waals surface area contributed by atoms with Gasteiger partial charge in [0.2, 0.25) is 0 Å². The van der Waals surface area contributed by atoms with Crippen LogP contribution in [0.1, 0.15) is 28.0 Å². The van der Waals surface area contributed by atoms with E-state index in [0.29, 0.717) is 10.8 Å². The number of aromatic carboxylic acids is 1. The van der Waals surface area contributed by atoms with Crippen molar-refractivity contribution in [3.63, 3.8) is 0 Å². The van der Waals surface area contributed by atoms with Crippen LogP contribution in [0.15, 0.2) is 53.8 Å². The average Bonchev–Trinajstić information content (AvgIpc) is 3.13. The zero-order chi connectivity index (χ0) is 21.7. The van der Waals surface area contributed by atoms with Crippen LogP contribution in [0.2, 0.25) is 10.0 Å². The SMILES string of the molecule is O=C(O)c1cnc(C2=NOC(c3cc(Cl)cc(Cl)c3)(C(F)(F)F)C2)c2ccccc12. The molecule has 3 aromatic rings. The number of benzene rings is 2. The highest BCUT2D eigenvalue weighted by molar-refractivity contribution is 6.34. The van der Waals surface area contributed by atoms with E-state index in [-0.39, 0.29) is 32.6 Å². The van der Waals surface area contributed by atoms with Gasteiger partial charge in [-0.25, -0.2) is 4.79 Å². The number of hydrogen-bond donors (Lipinski definition) is 1. The lowest BCUT2D eigenvalue weighted by molar-refractivity contribution is -0.275. The van der Waals surface area contributed by atoms with Gasteiger partial charge >= 0.3 is 12.1 Å². The second kappa shape index (κ2) is 7.14. The number of carbonyl (C=O) groups is 1. The van der Waals surface area contributed by atoms with Crippen molar-refractivity contribution in [2.75, 3.05) is 0 Å². The fourth-order valence-corrected chi connectivity index (χ4v) is 3.94. The molecule has 5 nitrogen and oxygen atoms in total. The summed E-state index contributed by atoms with van der Waals surface area (Å²) in [6.07, 6.45) is -4.44. The summed E-state index contributed by atoms with van der Waals surface area (Å²) in [6, 6.07) is 9.93. The van der Waals surface area contributed by atoms with Crippen molar-refractivity contribution >= 4 is 45.7 Å². The molecular formula is C20H11Cl2F3N2O3. The molecule has 0 aliphatic carbocycles. The van der Waals surface area contributed by atoms with Crippen molar-refractivity contribution in [1.29, 1.82) is 0 Å². The number of aromatic nitrogens is 1. The summed E-state index contributed by atoms with van der Waals surface area (Å²) in [7, 11) is 0. The fourth-order valence-electron chi connectivity index (χ4n) is 3.41. The lowest BCUT2D eigenvalue weighted by Gasteiger charge is -2.29. The Balaban J connectivity index is 1.84. The molecule has 0 spiro atoms. The zero-order valence-electron chi connectivity index (χ0n) is 14.9. The maximum Gasteiger partial charge on any atom is 0.435 e. The Morgan fingerprint density at radius 3 is 2.33 bits per heavy atom. The number of rotatable bonds is 3. The predicted molar refractivity (Wildman–Crippen MR) is 105 cm³/mol. The monoisotopic (exact) mass is 454 g/mol. The van der Waals surface area contributed by atoms with Crippen LogP contribution in [0.4, 0.5) is 13.2 Å². The highest BCUT2D eigenvalue weighted by atomic mass is 35.5. The molecule has 2 heterocycles. The van der Waals surface area contributed by atoms with E-state index in [1.807, 2.05) is 0 Å². The summed E-state index contributed by atoms with van der Waals surface area (Å²) in [5.74, 6) is -1.20. The number of carboxylic acid groups (broad SMARTS) is 1. The summed E-state index contributed by atoms with van der Waals surface area (Å²) >= 11 is 11.8. The van der Waals surface area contributed by atoms with Crippen molar-refractivity contribution in [2.24, 2.45) is 5.16 Å². The molecule has 0 saturated heterocycles. The van der Waals surface area contributed by atoms with Gasteiger partial charge in [0.1, 0.15) is 5.71 Å². The minimum Gasteiger partial charge on any atom is -0.478 e. The van der Waals surface area contributed by atoms with Gasteiger partial charge in [-0.05, 0) is 23.6 Å². The van der Waals surface area contributed by atoms with Crippen molar-refractivity contribution in [2.45, 2.75) is 18.2 Å². The molecule has 1 aliphatic rings. The van der Waals surface area contributed by atoms with Crippen molar-refractivity contribution in [1.82, 2.24) is 4.98 Å². The molecule has 2 aromatic carbocycles. The van der Waals surface area contributed by atoms with E-state index in [0.717, 1.165) is 18.3 Å². The van der Waals surface area contributed by atoms with Gasteiger partial charge in [0.05, 0.1) is 17.7 Å². The van der Waals surface area contributed by atoms with E-state index in [1.54, 1.807) is 24.3 Å². The van der Waals surface area contributed by atoms with Crippen molar-refractivity contribution < 1.29 is 27.9 Å². The quantitative estimate of drug-likeness (QED) is 0.540. The third-order valence-corrected chi connectivity index (χ3v) is 5.25. The number of carboxylic acids is 1. The maximum absolute atomic E-state index is 14.2. The van der Waals surface area contributed by atoms with Gasteiger partial charge in [-0.15, -0.1) is 0 Å². The molecule has 1 atom stereocenters. The van der Waals surface area contributed by atoms with E-state index in [1.165, 1.54) is 6.07 Å². The second-order valence-electron chi connectivity index (χ2n) is 6.66. The molecule has 0 bridgehead atoms. The molecule has 10 heteroatoms. The molecule has 0 saturated carbocycles. The molecule has 1 unspecified atom stereocenters. The summed E-state index contributed by atoms with van der Waals surface area (Å²) in [5.41, 5.74) is -3.13. The molecule has 0 amide bonds. The molecule has 4 rings (SSSR count). The number of hydrogen-bond acceptors (Lipinski definition) is 4. The maximum atomic E-state index is 14.2. The first-order valence-electron chi connectivity index (χ1n) is 8.52. The highest BCUT2D eigenvalue weighted by Gasteiger charge is 2.62. The molecule has 0 radical (unpaired) electrons. The van der Waals surface area contributed by atoms with Crippen LogP contribution >= 0.6 is 23.2 Å². The molecule has 1 aliphatic heterocycles. The van der Waals surface area contributed by atoms with Crippen LogP contribution in [0.25, 0.3) is 10.8 Å². The average molecular weight is 455 g/mol. The Morgan fingerprint density at radius 2 is 1.73 bits per heavy atom. The molecule has 30 heavy (non-hydrogen) atoms. The normalized spacial score (nSPS) is 18.9. The molecule has 0 fully saturated rings. The number of pyridine rings is 1. The topological polar surface area (TPSA) is 71.8 Å². The first kappa shape index (κ1) is 20.4. The zero-order valence-corrected chi connectivity index (χ0v) is 16.4. The minimum absolute atomic E-state index is 0.0209. The van der Waals surface area contributed by atoms with E-state index < -0.39 is 24.2 Å². The summed E-state index contributed by atoms with van der Waals surface area (Å²) in [4.78, 5) is 20.5. The summed E-state index contributed by atoms with van der Waals surface area (Å²) < 4.78 is 42.5. The third-order valence-electron chi connectivity index (χ3n) is 4.81. The molecule has 154 valence electrons. The molecular weight excluding hydrogens is 444 g/mol. The van der Waals surface area contributed by atoms with Crippen LogP contribution in [-0.4, -0.2) is 27.9 Å². The van der Waals surface area contributed by atoms with Gasteiger partial charge in [0, 0.05) is 27.2 Å². The van der Waals surface area contributed by atoms with Crippen molar-refractivity contribution in [3.05, 3.63) is 75.5 Å². The Labute approximate surface area is 177 Å². The van der Waals surface area contributed by atoms with E-state index in [9.17, 15) is 23.1 Å². The van der Waals surface area contributed by atoms with E-state index in [4.69, 9.17) is 28.0 Å². The fraction of sp³-hybridized carbons (Fsp3) is 0.150. The molecule has 1 N–H and O–H groups in total. The Morgan fingerprint density at radius 1 is 1.10 bits per heavy atom. The van der Waals surface area contributed by atoms with Crippen LogP contribution in [0.5, 0.6) is 0 Å². The van der Waals surface area contributed by atoms with Gasteiger partial charge in [0.15, 0.2) is 0 Å². The summed E-state index contributed by atoms with van der Waals surface area (Å²) in [6.45, 7) is 0. The predicted octanol–water partition coefficient (Wildman–Crippen LogP) is 5.82. The Bertz CT molecular complexity index is 1190. The van der Waals surface area contributed by atoms with Crippen LogP contribution in [-0.2, 0) is 10.4 Å². The van der Waals surface area contributed by atoms with Crippen LogP contribution in [0.3, 0.4) is 0 Å².